The Balaban J connectivity index is 1.28. The predicted molar refractivity (Wildman–Crippen MR) is 145 cm³/mol. The highest BCUT2D eigenvalue weighted by Gasteiger charge is 2.54. The highest BCUT2D eigenvalue weighted by Crippen LogP contribution is 2.48. The summed E-state index contributed by atoms with van der Waals surface area (Å²) in [6.07, 6.45) is 4.62. The summed E-state index contributed by atoms with van der Waals surface area (Å²) < 4.78 is 24.8. The van der Waals surface area contributed by atoms with Gasteiger partial charge in [0.05, 0.1) is 24.3 Å². The molecule has 0 unspecified atom stereocenters. The number of benzene rings is 3. The Hall–Kier alpha value is -4.59. The van der Waals surface area contributed by atoms with Crippen molar-refractivity contribution >= 4 is 28.7 Å². The van der Waals surface area contributed by atoms with E-state index in [1.54, 1.807) is 55.9 Å². The maximum absolute atomic E-state index is 13.2. The molecule has 0 bridgehead atoms. The molecule has 0 atom stereocenters. The molecule has 1 aliphatic rings. The Morgan fingerprint density at radius 2 is 1.56 bits per heavy atom. The zero-order valence-electron chi connectivity index (χ0n) is 21.6. The van der Waals surface area contributed by atoms with Gasteiger partial charge in [-0.25, -0.2) is 4.39 Å². The number of nitrogens with zero attached hydrogens (tertiary/aromatic N) is 2. The van der Waals surface area contributed by atoms with Crippen LogP contribution in [-0.2, 0) is 27.3 Å². The summed E-state index contributed by atoms with van der Waals surface area (Å²) in [4.78, 5) is 35.3. The number of pyridine rings is 1. The molecule has 0 radical (unpaired) electrons. The second-order valence-corrected chi connectivity index (χ2v) is 9.49. The van der Waals surface area contributed by atoms with Crippen molar-refractivity contribution in [3.63, 3.8) is 0 Å². The molecule has 0 N–H and O–H groups in total. The Bertz CT molecular complexity index is 1540. The molecule has 7 nitrogen and oxygen atoms in total. The summed E-state index contributed by atoms with van der Waals surface area (Å²) in [5.41, 5.74) is 1.99. The van der Waals surface area contributed by atoms with Gasteiger partial charge in [-0.2, -0.15) is 0 Å². The maximum atomic E-state index is 13.2. The van der Waals surface area contributed by atoms with Crippen molar-refractivity contribution in [2.24, 2.45) is 10.6 Å². The Kier molecular flexibility index (Phi) is 7.36. The molecule has 1 fully saturated rings. The van der Waals surface area contributed by atoms with Gasteiger partial charge < -0.3 is 14.3 Å². The number of methoxy groups -OCH3 is 1. The zero-order chi connectivity index (χ0) is 27.4. The van der Waals surface area contributed by atoms with Crippen LogP contribution in [0.1, 0.15) is 29.5 Å². The van der Waals surface area contributed by atoms with Gasteiger partial charge >= 0.3 is 0 Å². The van der Waals surface area contributed by atoms with Gasteiger partial charge in [-0.1, -0.05) is 29.4 Å². The molecule has 0 amide bonds. The van der Waals surface area contributed by atoms with E-state index in [1.807, 2.05) is 18.2 Å². The van der Waals surface area contributed by atoms with Crippen molar-refractivity contribution in [2.75, 3.05) is 14.2 Å². The number of hydrogen-bond acceptors (Lipinski definition) is 7. The maximum Gasteiger partial charge on any atom is 0.150 e. The van der Waals surface area contributed by atoms with Crippen LogP contribution in [0.15, 0.2) is 78.1 Å². The number of ether oxygens (including phenoxy) is 2. The van der Waals surface area contributed by atoms with Crippen molar-refractivity contribution in [1.29, 1.82) is 0 Å². The number of halogens is 1. The minimum atomic E-state index is -0.926. The fraction of sp³-hybridized carbons (Fsp3) is 0.226. The Morgan fingerprint density at radius 1 is 0.923 bits per heavy atom. The third-order valence-corrected chi connectivity index (χ3v) is 6.96. The van der Waals surface area contributed by atoms with Crippen LogP contribution in [0.4, 0.5) is 4.39 Å². The van der Waals surface area contributed by atoms with Crippen LogP contribution < -0.4 is 9.47 Å². The molecule has 3 aromatic carbocycles. The SMILES string of the molecule is CO/N=C/c1cc2c(Oc3ccc(CC(=O)C4(C(=O)Cc5ccc(F)cc5)CC4)cc3)ccnc2cc1OC. The fourth-order valence-electron chi connectivity index (χ4n) is 4.59. The molecular formula is C31H27FN2O5. The Morgan fingerprint density at radius 3 is 2.15 bits per heavy atom. The first-order valence-corrected chi connectivity index (χ1v) is 12.5. The number of carbonyl (C=O) groups excluding carboxylic acids is 2. The molecule has 198 valence electrons. The number of rotatable bonds is 11. The lowest BCUT2D eigenvalue weighted by Gasteiger charge is -2.14. The fourth-order valence-corrected chi connectivity index (χ4v) is 4.59. The summed E-state index contributed by atoms with van der Waals surface area (Å²) in [5, 5.41) is 4.60. The van der Waals surface area contributed by atoms with Crippen LogP contribution in [0.2, 0.25) is 0 Å². The van der Waals surface area contributed by atoms with Gasteiger partial charge in [0.15, 0.2) is 11.6 Å². The van der Waals surface area contributed by atoms with Crippen molar-refractivity contribution in [3.8, 4) is 17.2 Å². The van der Waals surface area contributed by atoms with Gasteiger partial charge in [0.25, 0.3) is 0 Å². The normalized spacial score (nSPS) is 13.8. The average molecular weight is 527 g/mol. The van der Waals surface area contributed by atoms with Crippen LogP contribution in [0.3, 0.4) is 0 Å². The number of hydrogen-bond donors (Lipinski definition) is 0. The van der Waals surface area contributed by atoms with Crippen molar-refractivity contribution in [1.82, 2.24) is 4.98 Å². The molecule has 0 aliphatic heterocycles. The summed E-state index contributed by atoms with van der Waals surface area (Å²) >= 11 is 0. The van der Waals surface area contributed by atoms with Crippen LogP contribution in [-0.4, -0.2) is 37.0 Å². The summed E-state index contributed by atoms with van der Waals surface area (Å²) in [7, 11) is 3.04. The molecule has 1 aliphatic carbocycles. The third kappa shape index (κ3) is 5.65. The molecule has 1 heterocycles. The first-order chi connectivity index (χ1) is 18.9. The summed E-state index contributed by atoms with van der Waals surface area (Å²) in [5.74, 6) is 1.26. The standard InChI is InChI=1S/C31H27FN2O5/c1-37-28-18-26-25(17-22(28)19-34-38-2)27(11-14-33-26)39-24-9-5-21(6-10-24)16-30(36)31(12-13-31)29(35)15-20-3-7-23(32)8-4-20/h3-11,14,17-19H,12-13,15-16H2,1-2H3/b34-19+. The van der Waals surface area contributed by atoms with Crippen molar-refractivity contribution in [3.05, 3.63) is 95.4 Å². The van der Waals surface area contributed by atoms with E-state index in [0.717, 1.165) is 10.9 Å². The number of ketones is 2. The van der Waals surface area contributed by atoms with Gasteiger partial charge in [-0.05, 0) is 60.4 Å². The van der Waals surface area contributed by atoms with Gasteiger partial charge in [0.2, 0.25) is 0 Å². The van der Waals surface area contributed by atoms with Gasteiger partial charge in [0, 0.05) is 36.1 Å². The summed E-state index contributed by atoms with van der Waals surface area (Å²) in [6.45, 7) is 0. The van der Waals surface area contributed by atoms with Gasteiger partial charge in [-0.15, -0.1) is 0 Å². The second-order valence-electron chi connectivity index (χ2n) is 9.49. The quantitative estimate of drug-likeness (QED) is 0.138. The highest BCUT2D eigenvalue weighted by molar-refractivity contribution is 6.11. The van der Waals surface area contributed by atoms with Crippen LogP contribution in [0.5, 0.6) is 17.2 Å². The van der Waals surface area contributed by atoms with E-state index in [4.69, 9.17) is 14.3 Å². The molecule has 4 aromatic rings. The van der Waals surface area contributed by atoms with Crippen molar-refractivity contribution in [2.45, 2.75) is 25.7 Å². The zero-order valence-corrected chi connectivity index (χ0v) is 21.6. The number of oxime groups is 1. The van der Waals surface area contributed by atoms with Crippen LogP contribution in [0.25, 0.3) is 10.9 Å². The topological polar surface area (TPSA) is 87.1 Å². The molecule has 39 heavy (non-hydrogen) atoms. The number of carbonyl (C=O) groups is 2. The lowest BCUT2D eigenvalue weighted by Crippen LogP contribution is -2.28. The summed E-state index contributed by atoms with van der Waals surface area (Å²) in [6, 6.07) is 18.5. The van der Waals surface area contributed by atoms with E-state index in [0.29, 0.717) is 46.7 Å². The van der Waals surface area contributed by atoms with Crippen molar-refractivity contribution < 1.29 is 28.3 Å². The van der Waals surface area contributed by atoms with E-state index in [-0.39, 0.29) is 30.2 Å². The molecule has 0 saturated heterocycles. The third-order valence-electron chi connectivity index (χ3n) is 6.96. The smallest absolute Gasteiger partial charge is 0.150 e. The second kappa shape index (κ2) is 11.0. The molecular weight excluding hydrogens is 499 g/mol. The van der Waals surface area contributed by atoms with E-state index < -0.39 is 5.41 Å². The molecule has 0 spiro atoms. The molecule has 5 rings (SSSR count). The lowest BCUT2D eigenvalue weighted by molar-refractivity contribution is -0.133. The largest absolute Gasteiger partial charge is 0.496 e. The number of aromatic nitrogens is 1. The first kappa shape index (κ1) is 26.0. The van der Waals surface area contributed by atoms with E-state index >= 15 is 0 Å². The Labute approximate surface area is 225 Å². The van der Waals surface area contributed by atoms with Crippen LogP contribution in [0, 0.1) is 11.2 Å². The molecule has 8 heteroatoms. The predicted octanol–water partition coefficient (Wildman–Crippen LogP) is 5.86. The van der Waals surface area contributed by atoms with E-state index in [9.17, 15) is 14.0 Å². The minimum Gasteiger partial charge on any atom is -0.496 e. The molecule has 1 aromatic heterocycles. The first-order valence-electron chi connectivity index (χ1n) is 12.5. The minimum absolute atomic E-state index is 0.0809. The average Bonchev–Trinajstić information content (AvgIpc) is 3.76. The van der Waals surface area contributed by atoms with E-state index in [1.165, 1.54) is 19.2 Å². The van der Waals surface area contributed by atoms with E-state index in [2.05, 4.69) is 10.1 Å². The number of fused-ring (bicyclic) bond motifs is 1. The number of Topliss-reactive ketones (excluding diaryl/α,β-unsaturated/α-hetero) is 2. The lowest BCUT2D eigenvalue weighted by atomic mass is 9.88. The monoisotopic (exact) mass is 526 g/mol. The van der Waals surface area contributed by atoms with Gasteiger partial charge in [0.1, 0.15) is 30.2 Å². The molecule has 1 saturated carbocycles. The highest BCUT2D eigenvalue weighted by atomic mass is 19.1. The van der Waals surface area contributed by atoms with Crippen LogP contribution >= 0.6 is 0 Å². The van der Waals surface area contributed by atoms with Gasteiger partial charge in [-0.3, -0.25) is 14.6 Å².